The molecule has 3 aromatic carbocycles. The Morgan fingerprint density at radius 2 is 1.81 bits per heavy atom. The molecule has 186 valence electrons. The number of nitro groups is 1. The van der Waals surface area contributed by atoms with Gasteiger partial charge in [-0.2, -0.15) is 4.98 Å². The first-order valence-corrected chi connectivity index (χ1v) is 12.3. The van der Waals surface area contributed by atoms with Gasteiger partial charge in [-0.05, 0) is 48.4 Å². The quantitative estimate of drug-likeness (QED) is 0.188. The van der Waals surface area contributed by atoms with E-state index >= 15 is 0 Å². The van der Waals surface area contributed by atoms with Gasteiger partial charge in [0.05, 0.1) is 10.5 Å². The maximum absolute atomic E-state index is 14.1. The van der Waals surface area contributed by atoms with Gasteiger partial charge >= 0.3 is 0 Å². The molecule has 1 atom stereocenters. The van der Waals surface area contributed by atoms with Crippen LogP contribution in [0.25, 0.3) is 0 Å². The maximum Gasteiger partial charge on any atom is 0.269 e. The van der Waals surface area contributed by atoms with Gasteiger partial charge in [-0.3, -0.25) is 14.9 Å². The van der Waals surface area contributed by atoms with Gasteiger partial charge in [0.25, 0.3) is 11.6 Å². The smallest absolute Gasteiger partial charge is 0.269 e. The SMILES string of the molecule is CC1=C(C(=O)Nc2ccccc2)C(c2ccc([N+](=O)[O-])cc2)n2nc(SCc3ccccc3F)nc2N1. The van der Waals surface area contributed by atoms with Crippen molar-refractivity contribution in [3.8, 4) is 0 Å². The van der Waals surface area contributed by atoms with Crippen LogP contribution in [0.4, 0.5) is 21.7 Å². The lowest BCUT2D eigenvalue weighted by molar-refractivity contribution is -0.384. The number of hydrogen-bond acceptors (Lipinski definition) is 7. The van der Waals surface area contributed by atoms with Crippen molar-refractivity contribution < 1.29 is 14.1 Å². The van der Waals surface area contributed by atoms with Crippen molar-refractivity contribution >= 4 is 35.0 Å². The first-order chi connectivity index (χ1) is 17.9. The first-order valence-electron chi connectivity index (χ1n) is 11.3. The number of benzene rings is 3. The zero-order valence-corrected chi connectivity index (χ0v) is 20.4. The fraction of sp³-hybridized carbons (Fsp3) is 0.115. The minimum atomic E-state index is -0.698. The second-order valence-corrected chi connectivity index (χ2v) is 9.22. The summed E-state index contributed by atoms with van der Waals surface area (Å²) in [6.45, 7) is 1.77. The largest absolute Gasteiger partial charge is 0.328 e. The van der Waals surface area contributed by atoms with Crippen molar-refractivity contribution in [3.63, 3.8) is 0 Å². The second kappa shape index (κ2) is 10.2. The number of allylic oxidation sites excluding steroid dienone is 1. The van der Waals surface area contributed by atoms with Gasteiger partial charge in [0.15, 0.2) is 0 Å². The number of para-hydroxylation sites is 1. The number of carbonyl (C=O) groups is 1. The molecule has 0 saturated heterocycles. The zero-order valence-electron chi connectivity index (χ0n) is 19.6. The average molecular weight is 517 g/mol. The van der Waals surface area contributed by atoms with Gasteiger partial charge in [0.1, 0.15) is 11.9 Å². The van der Waals surface area contributed by atoms with Crippen molar-refractivity contribution in [2.75, 3.05) is 10.6 Å². The molecule has 2 heterocycles. The van der Waals surface area contributed by atoms with Crippen LogP contribution < -0.4 is 10.6 Å². The van der Waals surface area contributed by atoms with E-state index in [2.05, 4.69) is 20.7 Å². The molecule has 2 N–H and O–H groups in total. The minimum absolute atomic E-state index is 0.0615. The van der Waals surface area contributed by atoms with Gasteiger partial charge in [-0.25, -0.2) is 9.07 Å². The molecule has 0 aliphatic carbocycles. The number of thioether (sulfide) groups is 1. The van der Waals surface area contributed by atoms with Gasteiger partial charge in [-0.1, -0.05) is 48.2 Å². The molecule has 37 heavy (non-hydrogen) atoms. The molecule has 0 fully saturated rings. The standard InChI is InChI=1S/C26H21FN6O3S/c1-16-22(24(34)29-19-8-3-2-4-9-19)23(17-11-13-20(14-12-17)33(35)36)32-25(28-16)30-26(31-32)37-15-18-7-5-6-10-21(18)27/h2-14,23H,15H2,1H3,(H,29,34)(H,28,30,31). The Balaban J connectivity index is 1.51. The van der Waals surface area contributed by atoms with Gasteiger partial charge < -0.3 is 10.6 Å². The molecule has 1 amide bonds. The monoisotopic (exact) mass is 516 g/mol. The van der Waals surface area contributed by atoms with Gasteiger partial charge in [0.2, 0.25) is 11.1 Å². The predicted molar refractivity (Wildman–Crippen MR) is 139 cm³/mol. The summed E-state index contributed by atoms with van der Waals surface area (Å²) in [4.78, 5) is 28.7. The van der Waals surface area contributed by atoms with E-state index < -0.39 is 11.0 Å². The van der Waals surface area contributed by atoms with Crippen LogP contribution in [0, 0.1) is 15.9 Å². The maximum atomic E-state index is 14.1. The molecule has 0 saturated carbocycles. The third-order valence-electron chi connectivity index (χ3n) is 5.84. The van der Waals surface area contributed by atoms with Crippen LogP contribution in [-0.4, -0.2) is 25.6 Å². The highest BCUT2D eigenvalue weighted by atomic mass is 32.2. The number of halogens is 1. The number of nitro benzene ring substituents is 1. The topological polar surface area (TPSA) is 115 Å². The average Bonchev–Trinajstić information content (AvgIpc) is 3.30. The Labute approximate surface area is 215 Å². The van der Waals surface area contributed by atoms with Gasteiger partial charge in [-0.15, -0.1) is 5.10 Å². The number of nitrogens with one attached hydrogen (secondary N) is 2. The van der Waals surface area contributed by atoms with E-state index in [0.29, 0.717) is 44.9 Å². The third-order valence-corrected chi connectivity index (χ3v) is 6.73. The normalized spacial score (nSPS) is 14.6. The molecule has 9 nitrogen and oxygen atoms in total. The van der Waals surface area contributed by atoms with Crippen molar-refractivity contribution in [3.05, 3.63) is 117 Å². The highest BCUT2D eigenvalue weighted by molar-refractivity contribution is 7.98. The fourth-order valence-corrected chi connectivity index (χ4v) is 4.87. The number of rotatable bonds is 7. The first kappa shape index (κ1) is 24.2. The Kier molecular flexibility index (Phi) is 6.69. The van der Waals surface area contributed by atoms with E-state index in [1.807, 2.05) is 18.2 Å². The van der Waals surface area contributed by atoms with Crippen LogP contribution in [0.5, 0.6) is 0 Å². The number of hydrogen-bond donors (Lipinski definition) is 2. The molecule has 1 aliphatic heterocycles. The molecule has 1 aliphatic rings. The summed E-state index contributed by atoms with van der Waals surface area (Å²) in [5.41, 5.74) is 2.68. The molecule has 5 rings (SSSR count). The molecule has 0 bridgehead atoms. The summed E-state index contributed by atoms with van der Waals surface area (Å²) in [6, 6.07) is 20.8. The fourth-order valence-electron chi connectivity index (χ4n) is 4.05. The molecule has 0 spiro atoms. The highest BCUT2D eigenvalue weighted by Crippen LogP contribution is 2.37. The number of anilines is 2. The van der Waals surface area contributed by atoms with Crippen molar-refractivity contribution in [1.29, 1.82) is 0 Å². The summed E-state index contributed by atoms with van der Waals surface area (Å²) in [6.07, 6.45) is 0. The van der Waals surface area contributed by atoms with Crippen molar-refractivity contribution in [2.24, 2.45) is 0 Å². The summed E-state index contributed by atoms with van der Waals surface area (Å²) in [5, 5.41) is 22.3. The van der Waals surface area contributed by atoms with E-state index in [1.165, 1.54) is 30.0 Å². The number of non-ortho nitro benzene ring substituents is 1. The number of aromatic nitrogens is 3. The number of carbonyl (C=O) groups excluding carboxylic acids is 1. The van der Waals surface area contributed by atoms with E-state index in [9.17, 15) is 19.3 Å². The Morgan fingerprint density at radius 3 is 2.51 bits per heavy atom. The second-order valence-electron chi connectivity index (χ2n) is 8.28. The Hall–Kier alpha value is -4.51. The molecular weight excluding hydrogens is 495 g/mol. The molecule has 11 heteroatoms. The van der Waals surface area contributed by atoms with Crippen molar-refractivity contribution in [2.45, 2.75) is 23.9 Å². The minimum Gasteiger partial charge on any atom is -0.328 e. The summed E-state index contributed by atoms with van der Waals surface area (Å²) < 4.78 is 15.7. The number of nitrogens with zero attached hydrogens (tertiary/aromatic N) is 4. The summed E-state index contributed by atoms with van der Waals surface area (Å²) >= 11 is 1.27. The lowest BCUT2D eigenvalue weighted by Crippen LogP contribution is -2.31. The highest BCUT2D eigenvalue weighted by Gasteiger charge is 2.34. The summed E-state index contributed by atoms with van der Waals surface area (Å²) in [5.74, 6) is 0.0826. The Bertz CT molecular complexity index is 1500. The van der Waals surface area contributed by atoms with Gasteiger partial charge in [0, 0.05) is 29.3 Å². The van der Waals surface area contributed by atoms with E-state index in [4.69, 9.17) is 0 Å². The Morgan fingerprint density at radius 1 is 1.11 bits per heavy atom. The van der Waals surface area contributed by atoms with Crippen molar-refractivity contribution in [1.82, 2.24) is 14.8 Å². The summed E-state index contributed by atoms with van der Waals surface area (Å²) in [7, 11) is 0. The molecular formula is C26H21FN6O3S. The predicted octanol–water partition coefficient (Wildman–Crippen LogP) is 5.55. The molecule has 4 aromatic rings. The van der Waals surface area contributed by atoms with Crippen LogP contribution in [0.3, 0.4) is 0 Å². The van der Waals surface area contributed by atoms with E-state index in [1.54, 1.807) is 54.1 Å². The lowest BCUT2D eigenvalue weighted by Gasteiger charge is -2.28. The zero-order chi connectivity index (χ0) is 25.9. The van der Waals surface area contributed by atoms with Crippen LogP contribution in [0.1, 0.15) is 24.1 Å². The van der Waals surface area contributed by atoms with Crippen LogP contribution >= 0.6 is 11.8 Å². The third kappa shape index (κ3) is 5.07. The van der Waals surface area contributed by atoms with E-state index in [-0.39, 0.29) is 17.4 Å². The molecule has 0 radical (unpaired) electrons. The van der Waals surface area contributed by atoms with Crippen LogP contribution in [-0.2, 0) is 10.5 Å². The van der Waals surface area contributed by atoms with Crippen LogP contribution in [0.2, 0.25) is 0 Å². The lowest BCUT2D eigenvalue weighted by atomic mass is 9.95. The number of fused-ring (bicyclic) bond motifs is 1. The number of amides is 1. The van der Waals surface area contributed by atoms with E-state index in [0.717, 1.165) is 0 Å². The van der Waals surface area contributed by atoms with Crippen LogP contribution in [0.15, 0.2) is 95.3 Å². The molecule has 1 unspecified atom stereocenters. The molecule has 1 aromatic heterocycles.